The van der Waals surface area contributed by atoms with E-state index in [4.69, 9.17) is 0 Å². The third-order valence-corrected chi connectivity index (χ3v) is 3.71. The van der Waals surface area contributed by atoms with Crippen LogP contribution in [0.4, 0.5) is 11.4 Å². The van der Waals surface area contributed by atoms with Crippen molar-refractivity contribution >= 4 is 29.1 Å². The second-order valence-corrected chi connectivity index (χ2v) is 10.0. The lowest BCUT2D eigenvalue weighted by Crippen LogP contribution is -2.40. The van der Waals surface area contributed by atoms with Crippen LogP contribution in [-0.2, 0) is 9.59 Å². The van der Waals surface area contributed by atoms with Crippen molar-refractivity contribution in [3.05, 3.63) is 17.7 Å². The van der Waals surface area contributed by atoms with Crippen LogP contribution in [0.3, 0.4) is 0 Å². The molecule has 0 radical (unpaired) electrons. The van der Waals surface area contributed by atoms with Crippen molar-refractivity contribution in [3.8, 4) is 5.75 Å². The number of aromatic hydroxyl groups is 1. The minimum absolute atomic E-state index is 0.0363. The standard InChI is InChI=1S/C21H33N3O4/c1-19(2,3)17(27)22-12-10-13(16(26)24-21(7,8)9)15(25)14(11-12)23-18(28)20(4,5)6/h10-11,25H,1-9H3,(H,22,27)(H,23,28)(H,24,26). The van der Waals surface area contributed by atoms with Crippen LogP contribution in [0.15, 0.2) is 12.1 Å². The zero-order valence-electron chi connectivity index (χ0n) is 18.3. The van der Waals surface area contributed by atoms with Crippen LogP contribution in [0.1, 0.15) is 72.7 Å². The van der Waals surface area contributed by atoms with Gasteiger partial charge in [-0.15, -0.1) is 0 Å². The minimum Gasteiger partial charge on any atom is -0.505 e. The predicted octanol–water partition coefficient (Wildman–Crippen LogP) is 3.89. The van der Waals surface area contributed by atoms with Crippen molar-refractivity contribution in [2.45, 2.75) is 67.9 Å². The Morgan fingerprint density at radius 1 is 0.786 bits per heavy atom. The highest BCUT2D eigenvalue weighted by Gasteiger charge is 2.27. The summed E-state index contributed by atoms with van der Waals surface area (Å²) in [6.07, 6.45) is 0. The van der Waals surface area contributed by atoms with Gasteiger partial charge in [-0.2, -0.15) is 0 Å². The van der Waals surface area contributed by atoms with E-state index in [0.717, 1.165) is 0 Å². The summed E-state index contributed by atoms with van der Waals surface area (Å²) in [5, 5.41) is 18.8. The van der Waals surface area contributed by atoms with Crippen LogP contribution in [0.25, 0.3) is 0 Å². The van der Waals surface area contributed by atoms with Crippen LogP contribution >= 0.6 is 0 Å². The monoisotopic (exact) mass is 391 g/mol. The molecule has 0 aliphatic rings. The zero-order valence-corrected chi connectivity index (χ0v) is 18.3. The number of anilines is 2. The first-order chi connectivity index (χ1) is 12.4. The van der Waals surface area contributed by atoms with Crippen molar-refractivity contribution < 1.29 is 19.5 Å². The highest BCUT2D eigenvalue weighted by atomic mass is 16.3. The molecule has 28 heavy (non-hydrogen) atoms. The van der Waals surface area contributed by atoms with Crippen molar-refractivity contribution in [2.75, 3.05) is 10.6 Å². The van der Waals surface area contributed by atoms with E-state index >= 15 is 0 Å². The zero-order chi connectivity index (χ0) is 22.1. The fraction of sp³-hybridized carbons (Fsp3) is 0.571. The first-order valence-electron chi connectivity index (χ1n) is 9.24. The van der Waals surface area contributed by atoms with E-state index in [-0.39, 0.29) is 28.8 Å². The van der Waals surface area contributed by atoms with E-state index in [1.807, 2.05) is 20.8 Å². The van der Waals surface area contributed by atoms with Crippen molar-refractivity contribution in [2.24, 2.45) is 10.8 Å². The molecule has 1 rings (SSSR count). The lowest BCUT2D eigenvalue weighted by molar-refractivity contribution is -0.123. The third kappa shape index (κ3) is 6.55. The summed E-state index contributed by atoms with van der Waals surface area (Å²) in [7, 11) is 0. The van der Waals surface area contributed by atoms with E-state index in [1.54, 1.807) is 41.5 Å². The largest absolute Gasteiger partial charge is 0.505 e. The molecule has 0 heterocycles. The van der Waals surface area contributed by atoms with Gasteiger partial charge in [0.15, 0.2) is 5.75 Å². The number of hydrogen-bond donors (Lipinski definition) is 4. The summed E-state index contributed by atoms with van der Waals surface area (Å²) < 4.78 is 0. The molecule has 0 bridgehead atoms. The number of nitrogens with one attached hydrogen (secondary N) is 3. The molecule has 0 aromatic heterocycles. The molecule has 4 N–H and O–H groups in total. The smallest absolute Gasteiger partial charge is 0.255 e. The van der Waals surface area contributed by atoms with E-state index in [2.05, 4.69) is 16.0 Å². The maximum atomic E-state index is 12.7. The van der Waals surface area contributed by atoms with Gasteiger partial charge in [-0.1, -0.05) is 41.5 Å². The number of rotatable bonds is 3. The van der Waals surface area contributed by atoms with E-state index in [9.17, 15) is 19.5 Å². The van der Waals surface area contributed by atoms with Gasteiger partial charge in [0.2, 0.25) is 11.8 Å². The predicted molar refractivity (Wildman–Crippen MR) is 111 cm³/mol. The SMILES string of the molecule is CC(C)(C)NC(=O)c1cc(NC(=O)C(C)(C)C)cc(NC(=O)C(C)(C)C)c1O. The van der Waals surface area contributed by atoms with Crippen LogP contribution < -0.4 is 16.0 Å². The average molecular weight is 392 g/mol. The molecular formula is C21H33N3O4. The number of phenolic OH excluding ortho intramolecular Hbond substituents is 1. The Labute approximate surface area is 167 Å². The number of carbonyl (C=O) groups excluding carboxylic acids is 3. The van der Waals surface area contributed by atoms with Gasteiger partial charge in [0.25, 0.3) is 5.91 Å². The number of phenols is 1. The van der Waals surface area contributed by atoms with E-state index < -0.39 is 22.3 Å². The van der Waals surface area contributed by atoms with Crippen LogP contribution in [0.2, 0.25) is 0 Å². The normalized spacial score (nSPS) is 12.3. The molecule has 1 aromatic rings. The maximum Gasteiger partial charge on any atom is 0.255 e. The maximum absolute atomic E-state index is 12.7. The van der Waals surface area contributed by atoms with Crippen molar-refractivity contribution in [3.63, 3.8) is 0 Å². The Morgan fingerprint density at radius 3 is 1.68 bits per heavy atom. The topological polar surface area (TPSA) is 108 Å². The number of carbonyl (C=O) groups is 3. The van der Waals surface area contributed by atoms with Gasteiger partial charge in [0.05, 0.1) is 11.3 Å². The molecule has 3 amide bonds. The molecule has 0 atom stereocenters. The molecule has 7 heteroatoms. The Hall–Kier alpha value is -2.57. The lowest BCUT2D eigenvalue weighted by Gasteiger charge is -2.23. The first kappa shape index (κ1) is 23.5. The van der Waals surface area contributed by atoms with Gasteiger partial charge in [0.1, 0.15) is 0 Å². The molecule has 0 saturated carbocycles. The van der Waals surface area contributed by atoms with Gasteiger partial charge in [0, 0.05) is 22.1 Å². The highest BCUT2D eigenvalue weighted by Crippen LogP contribution is 2.34. The highest BCUT2D eigenvalue weighted by molar-refractivity contribution is 6.05. The van der Waals surface area contributed by atoms with Gasteiger partial charge in [-0.3, -0.25) is 14.4 Å². The molecule has 7 nitrogen and oxygen atoms in total. The molecule has 0 unspecified atom stereocenters. The Balaban J connectivity index is 3.43. The van der Waals surface area contributed by atoms with Crippen LogP contribution in [0, 0.1) is 10.8 Å². The Morgan fingerprint density at radius 2 is 1.25 bits per heavy atom. The van der Waals surface area contributed by atoms with Crippen LogP contribution in [-0.4, -0.2) is 28.4 Å². The summed E-state index contributed by atoms with van der Waals surface area (Å²) in [6.45, 7) is 15.9. The fourth-order valence-corrected chi connectivity index (χ4v) is 2.01. The molecule has 1 aromatic carbocycles. The summed E-state index contributed by atoms with van der Waals surface area (Å²) in [5.74, 6) is -1.45. The first-order valence-corrected chi connectivity index (χ1v) is 9.24. The fourth-order valence-electron chi connectivity index (χ4n) is 2.01. The van der Waals surface area contributed by atoms with Gasteiger partial charge in [-0.05, 0) is 32.9 Å². The summed E-state index contributed by atoms with van der Waals surface area (Å²) in [4.78, 5) is 37.4. The molecule has 0 spiro atoms. The molecule has 0 saturated heterocycles. The summed E-state index contributed by atoms with van der Waals surface area (Å²) >= 11 is 0. The molecule has 0 fully saturated rings. The second kappa shape index (κ2) is 7.81. The lowest BCUT2D eigenvalue weighted by atomic mass is 9.95. The summed E-state index contributed by atoms with van der Waals surface area (Å²) in [6, 6.07) is 2.84. The van der Waals surface area contributed by atoms with Gasteiger partial charge >= 0.3 is 0 Å². The Kier molecular flexibility index (Phi) is 6.55. The Bertz CT molecular complexity index is 779. The van der Waals surface area contributed by atoms with E-state index in [0.29, 0.717) is 5.69 Å². The number of benzene rings is 1. The second-order valence-electron chi connectivity index (χ2n) is 10.0. The number of hydrogen-bond acceptors (Lipinski definition) is 4. The summed E-state index contributed by atoms with van der Waals surface area (Å²) in [5.41, 5.74) is -1.55. The quantitative estimate of drug-likeness (QED) is 0.463. The molecular weight excluding hydrogens is 358 g/mol. The number of amides is 3. The average Bonchev–Trinajstić information content (AvgIpc) is 2.46. The minimum atomic E-state index is -0.703. The van der Waals surface area contributed by atoms with Gasteiger partial charge in [-0.25, -0.2) is 0 Å². The van der Waals surface area contributed by atoms with Crippen molar-refractivity contribution in [1.29, 1.82) is 0 Å². The molecule has 156 valence electrons. The van der Waals surface area contributed by atoms with Gasteiger partial charge < -0.3 is 21.1 Å². The van der Waals surface area contributed by atoms with Crippen LogP contribution in [0.5, 0.6) is 5.75 Å². The molecule has 0 aliphatic carbocycles. The molecule has 0 aliphatic heterocycles. The van der Waals surface area contributed by atoms with E-state index in [1.165, 1.54) is 12.1 Å². The van der Waals surface area contributed by atoms with Crippen molar-refractivity contribution in [1.82, 2.24) is 5.32 Å². The third-order valence-electron chi connectivity index (χ3n) is 3.71.